The molecule has 1 aliphatic heterocycles. The molecule has 2 aromatic rings. The van der Waals surface area contributed by atoms with Crippen molar-refractivity contribution in [1.82, 2.24) is 4.90 Å². The van der Waals surface area contributed by atoms with Crippen molar-refractivity contribution in [1.29, 1.82) is 0 Å². The Balaban J connectivity index is 1.45. The molecular weight excluding hydrogens is 424 g/mol. The summed E-state index contributed by atoms with van der Waals surface area (Å²) >= 11 is 6.64. The van der Waals surface area contributed by atoms with E-state index in [-0.39, 0.29) is 23.8 Å². The summed E-state index contributed by atoms with van der Waals surface area (Å²) in [4.78, 5) is 26.7. The number of carbonyl (C=O) groups is 2. The Morgan fingerprint density at radius 1 is 1.19 bits per heavy atom. The summed E-state index contributed by atoms with van der Waals surface area (Å²) in [5.41, 5.74) is 2.97. The van der Waals surface area contributed by atoms with Crippen LogP contribution in [0, 0.1) is 5.92 Å². The summed E-state index contributed by atoms with van der Waals surface area (Å²) in [5.74, 6) is 0.0474. The number of aliphatic hydroxyl groups is 1. The number of anilines is 1. The summed E-state index contributed by atoms with van der Waals surface area (Å²) in [6.07, 6.45) is 4.71. The third-order valence-electron chi connectivity index (χ3n) is 6.89. The quantitative estimate of drug-likeness (QED) is 0.664. The summed E-state index contributed by atoms with van der Waals surface area (Å²) in [6.45, 7) is 4.17. The van der Waals surface area contributed by atoms with E-state index in [9.17, 15) is 14.7 Å². The third kappa shape index (κ3) is 5.00. The van der Waals surface area contributed by atoms with Gasteiger partial charge in [0.05, 0.1) is 5.60 Å². The minimum absolute atomic E-state index is 0.0487. The van der Waals surface area contributed by atoms with Gasteiger partial charge in [-0.25, -0.2) is 0 Å². The summed E-state index contributed by atoms with van der Waals surface area (Å²) < 4.78 is 0. The number of hydrogen-bond acceptors (Lipinski definition) is 3. The van der Waals surface area contributed by atoms with Crippen LogP contribution in [0.4, 0.5) is 5.69 Å². The van der Waals surface area contributed by atoms with Crippen LogP contribution in [0.3, 0.4) is 0 Å². The monoisotopic (exact) mass is 454 g/mol. The number of halogens is 1. The van der Waals surface area contributed by atoms with E-state index in [1.165, 1.54) is 6.92 Å². The molecule has 2 aromatic carbocycles. The van der Waals surface area contributed by atoms with Crippen LogP contribution in [-0.2, 0) is 16.0 Å². The van der Waals surface area contributed by atoms with E-state index in [0.29, 0.717) is 11.4 Å². The lowest BCUT2D eigenvalue weighted by Gasteiger charge is -2.37. The number of likely N-dealkylation sites (tertiary alicyclic amines) is 1. The minimum atomic E-state index is -0.591. The fourth-order valence-corrected chi connectivity index (χ4v) is 5.29. The van der Waals surface area contributed by atoms with Crippen LogP contribution in [0.25, 0.3) is 11.1 Å². The van der Waals surface area contributed by atoms with E-state index in [1.807, 2.05) is 54.3 Å². The first-order valence-corrected chi connectivity index (χ1v) is 11.8. The first kappa shape index (κ1) is 22.8. The average molecular weight is 455 g/mol. The second kappa shape index (κ2) is 9.24. The normalized spacial score (nSPS) is 25.8. The van der Waals surface area contributed by atoms with Crippen molar-refractivity contribution >= 4 is 29.1 Å². The molecule has 2 amide bonds. The van der Waals surface area contributed by atoms with Crippen LogP contribution < -0.4 is 5.32 Å². The van der Waals surface area contributed by atoms with Gasteiger partial charge in [0.15, 0.2) is 0 Å². The van der Waals surface area contributed by atoms with Gasteiger partial charge in [-0.3, -0.25) is 9.59 Å². The minimum Gasteiger partial charge on any atom is -0.390 e. The van der Waals surface area contributed by atoms with Crippen molar-refractivity contribution in [3.63, 3.8) is 0 Å². The van der Waals surface area contributed by atoms with Gasteiger partial charge in [-0.05, 0) is 68.7 Å². The van der Waals surface area contributed by atoms with Gasteiger partial charge in [0.2, 0.25) is 11.8 Å². The molecule has 1 saturated heterocycles. The van der Waals surface area contributed by atoms with Crippen molar-refractivity contribution in [3.8, 4) is 11.1 Å². The standard InChI is InChI=1S/C26H31ClN2O3/c1-17(30)28-24-6-4-3-5-22(24)18-7-8-19(23(27)16-18)15-20-11-14-29(25(20)31)21-9-12-26(2,32)13-10-21/h3-8,16,20-21,32H,9-15H2,1-2H3,(H,28,30). The van der Waals surface area contributed by atoms with Crippen molar-refractivity contribution in [2.75, 3.05) is 11.9 Å². The summed E-state index contributed by atoms with van der Waals surface area (Å²) in [7, 11) is 0. The fourth-order valence-electron chi connectivity index (χ4n) is 5.03. The summed E-state index contributed by atoms with van der Waals surface area (Å²) in [6, 6.07) is 13.8. The third-order valence-corrected chi connectivity index (χ3v) is 7.24. The zero-order valence-electron chi connectivity index (χ0n) is 18.7. The lowest BCUT2D eigenvalue weighted by molar-refractivity contribution is -0.134. The van der Waals surface area contributed by atoms with E-state index >= 15 is 0 Å². The maximum Gasteiger partial charge on any atom is 0.226 e. The topological polar surface area (TPSA) is 69.6 Å². The number of nitrogens with zero attached hydrogens (tertiary/aromatic N) is 1. The van der Waals surface area contributed by atoms with Crippen molar-refractivity contribution in [2.24, 2.45) is 5.92 Å². The van der Waals surface area contributed by atoms with Crippen LogP contribution in [0.5, 0.6) is 0 Å². The van der Waals surface area contributed by atoms with Gasteiger partial charge < -0.3 is 15.3 Å². The first-order chi connectivity index (χ1) is 15.2. The molecule has 1 heterocycles. The highest BCUT2D eigenvalue weighted by Crippen LogP contribution is 2.36. The molecule has 0 radical (unpaired) electrons. The number of amides is 2. The molecule has 2 fully saturated rings. The number of para-hydroxylation sites is 1. The molecule has 0 aromatic heterocycles. The highest BCUT2D eigenvalue weighted by atomic mass is 35.5. The van der Waals surface area contributed by atoms with Gasteiger partial charge in [0, 0.05) is 41.7 Å². The van der Waals surface area contributed by atoms with E-state index in [2.05, 4.69) is 5.32 Å². The number of hydrogen-bond donors (Lipinski definition) is 2. The van der Waals surface area contributed by atoms with Crippen molar-refractivity contribution in [2.45, 2.75) is 64.0 Å². The van der Waals surface area contributed by atoms with Gasteiger partial charge in [0.25, 0.3) is 0 Å². The Morgan fingerprint density at radius 2 is 1.91 bits per heavy atom. The Morgan fingerprint density at radius 3 is 2.59 bits per heavy atom. The number of nitrogens with one attached hydrogen (secondary N) is 1. The molecule has 0 spiro atoms. The van der Waals surface area contributed by atoms with Gasteiger partial charge in [0.1, 0.15) is 0 Å². The molecule has 1 unspecified atom stereocenters. The Bertz CT molecular complexity index is 1010. The first-order valence-electron chi connectivity index (χ1n) is 11.4. The zero-order valence-corrected chi connectivity index (χ0v) is 19.5. The van der Waals surface area contributed by atoms with Crippen LogP contribution in [0.15, 0.2) is 42.5 Å². The van der Waals surface area contributed by atoms with Gasteiger partial charge in [-0.1, -0.05) is 41.9 Å². The number of benzene rings is 2. The molecule has 6 heteroatoms. The van der Waals surface area contributed by atoms with Crippen LogP contribution in [-0.4, -0.2) is 40.0 Å². The van der Waals surface area contributed by atoms with Crippen LogP contribution in [0.1, 0.15) is 51.5 Å². The van der Waals surface area contributed by atoms with Crippen molar-refractivity contribution < 1.29 is 14.7 Å². The Kier molecular flexibility index (Phi) is 6.59. The zero-order chi connectivity index (χ0) is 22.9. The van der Waals surface area contributed by atoms with Crippen LogP contribution in [0.2, 0.25) is 5.02 Å². The molecule has 170 valence electrons. The second-order valence-electron chi connectivity index (χ2n) is 9.48. The molecule has 32 heavy (non-hydrogen) atoms. The average Bonchev–Trinajstić information content (AvgIpc) is 3.10. The van der Waals surface area contributed by atoms with E-state index in [1.54, 1.807) is 0 Å². The molecule has 2 N–H and O–H groups in total. The van der Waals surface area contributed by atoms with E-state index in [0.717, 1.165) is 61.0 Å². The Labute approximate surface area is 194 Å². The predicted octanol–water partition coefficient (Wildman–Crippen LogP) is 5.05. The smallest absolute Gasteiger partial charge is 0.226 e. The SMILES string of the molecule is CC(=O)Nc1ccccc1-c1ccc(CC2CCN(C3CCC(C)(O)CC3)C2=O)c(Cl)c1. The van der Waals surface area contributed by atoms with E-state index < -0.39 is 5.60 Å². The second-order valence-corrected chi connectivity index (χ2v) is 9.89. The molecule has 1 saturated carbocycles. The number of carbonyl (C=O) groups excluding carboxylic acids is 2. The molecule has 0 bridgehead atoms. The molecule has 2 aliphatic rings. The molecule has 5 nitrogen and oxygen atoms in total. The molecule has 1 aliphatic carbocycles. The molecular formula is C26H31ClN2O3. The summed E-state index contributed by atoms with van der Waals surface area (Å²) in [5, 5.41) is 13.7. The maximum absolute atomic E-state index is 13.1. The van der Waals surface area contributed by atoms with Crippen molar-refractivity contribution in [3.05, 3.63) is 53.1 Å². The lowest BCUT2D eigenvalue weighted by atomic mass is 9.83. The van der Waals surface area contributed by atoms with Gasteiger partial charge in [-0.15, -0.1) is 0 Å². The highest BCUT2D eigenvalue weighted by Gasteiger charge is 2.39. The predicted molar refractivity (Wildman–Crippen MR) is 128 cm³/mol. The lowest BCUT2D eigenvalue weighted by Crippen LogP contribution is -2.43. The van der Waals surface area contributed by atoms with Gasteiger partial charge in [-0.2, -0.15) is 0 Å². The Hall–Kier alpha value is -2.37. The maximum atomic E-state index is 13.1. The van der Waals surface area contributed by atoms with E-state index in [4.69, 9.17) is 11.6 Å². The molecule has 1 atom stereocenters. The highest BCUT2D eigenvalue weighted by molar-refractivity contribution is 6.31. The molecule has 4 rings (SSSR count). The fraction of sp³-hybridized carbons (Fsp3) is 0.462. The number of rotatable bonds is 5. The van der Waals surface area contributed by atoms with Crippen LogP contribution >= 0.6 is 11.6 Å². The van der Waals surface area contributed by atoms with Gasteiger partial charge >= 0.3 is 0 Å². The largest absolute Gasteiger partial charge is 0.390 e.